The Bertz CT molecular complexity index is 232. The second kappa shape index (κ2) is 2.75. The average molecular weight is 194 g/mol. The van der Waals surface area contributed by atoms with Gasteiger partial charge >= 0.3 is 0 Å². The summed E-state index contributed by atoms with van der Waals surface area (Å²) < 4.78 is 0. The Hall–Kier alpha value is -0.0400. The molecule has 0 aromatic rings. The summed E-state index contributed by atoms with van der Waals surface area (Å²) in [5.41, 5.74) is 1.22. The van der Waals surface area contributed by atoms with Crippen molar-refractivity contribution in [3.8, 4) is 0 Å². The lowest BCUT2D eigenvalue weighted by atomic mass is 9.44. The van der Waals surface area contributed by atoms with E-state index in [2.05, 4.69) is 6.92 Å². The first-order valence-corrected chi connectivity index (χ1v) is 6.24. The van der Waals surface area contributed by atoms with Crippen LogP contribution in [0.2, 0.25) is 0 Å². The molecular weight excluding hydrogens is 172 g/mol. The molecule has 0 amide bonds. The van der Waals surface area contributed by atoms with Crippen LogP contribution in [0.1, 0.15) is 51.9 Å². The molecule has 0 heterocycles. The number of rotatable bonds is 2. The van der Waals surface area contributed by atoms with E-state index in [1.165, 1.54) is 38.5 Å². The van der Waals surface area contributed by atoms with Crippen LogP contribution in [-0.2, 0) is 0 Å². The molecule has 2 unspecified atom stereocenters. The monoisotopic (exact) mass is 194 g/mol. The van der Waals surface area contributed by atoms with Gasteiger partial charge in [-0.25, -0.2) is 0 Å². The molecule has 0 aromatic carbocycles. The summed E-state index contributed by atoms with van der Waals surface area (Å²) in [5.74, 6) is 2.01. The predicted octanol–water partition coefficient (Wildman–Crippen LogP) is 2.98. The van der Waals surface area contributed by atoms with Gasteiger partial charge in [-0.3, -0.25) is 0 Å². The molecule has 14 heavy (non-hydrogen) atoms. The van der Waals surface area contributed by atoms with Crippen molar-refractivity contribution < 1.29 is 5.11 Å². The van der Waals surface area contributed by atoms with Crippen molar-refractivity contribution in [3.63, 3.8) is 0 Å². The summed E-state index contributed by atoms with van der Waals surface area (Å²) in [5, 5.41) is 9.21. The maximum atomic E-state index is 9.21. The van der Waals surface area contributed by atoms with Gasteiger partial charge in [0, 0.05) is 6.61 Å². The van der Waals surface area contributed by atoms with Crippen LogP contribution in [0.3, 0.4) is 0 Å². The van der Waals surface area contributed by atoms with Crippen molar-refractivity contribution in [1.82, 2.24) is 0 Å². The van der Waals surface area contributed by atoms with E-state index in [1.54, 1.807) is 0 Å². The second-order valence-corrected chi connectivity index (χ2v) is 6.75. The van der Waals surface area contributed by atoms with Crippen LogP contribution in [0.4, 0.5) is 0 Å². The Balaban J connectivity index is 1.89. The van der Waals surface area contributed by atoms with E-state index < -0.39 is 0 Å². The third-order valence-corrected chi connectivity index (χ3v) is 5.12. The van der Waals surface area contributed by atoms with Crippen molar-refractivity contribution in [2.24, 2.45) is 22.7 Å². The van der Waals surface area contributed by atoms with Gasteiger partial charge in [-0.05, 0) is 67.6 Å². The van der Waals surface area contributed by atoms with Gasteiger partial charge in [0.15, 0.2) is 0 Å². The van der Waals surface area contributed by atoms with Gasteiger partial charge < -0.3 is 5.11 Å². The van der Waals surface area contributed by atoms with Crippen LogP contribution >= 0.6 is 0 Å². The molecule has 4 bridgehead atoms. The Morgan fingerprint density at radius 3 is 2.29 bits per heavy atom. The Morgan fingerprint density at radius 1 is 1.14 bits per heavy atom. The number of hydrogen-bond acceptors (Lipinski definition) is 1. The fourth-order valence-corrected chi connectivity index (χ4v) is 5.46. The highest BCUT2D eigenvalue weighted by atomic mass is 16.3. The molecule has 2 atom stereocenters. The van der Waals surface area contributed by atoms with E-state index in [0.717, 1.165) is 18.3 Å². The molecular formula is C13H22O. The van der Waals surface area contributed by atoms with Gasteiger partial charge in [0.2, 0.25) is 0 Å². The fourth-order valence-electron chi connectivity index (χ4n) is 5.46. The summed E-state index contributed by atoms with van der Waals surface area (Å²) >= 11 is 0. The quantitative estimate of drug-likeness (QED) is 0.716. The zero-order valence-corrected chi connectivity index (χ0v) is 9.26. The van der Waals surface area contributed by atoms with E-state index in [4.69, 9.17) is 0 Å². The van der Waals surface area contributed by atoms with E-state index >= 15 is 0 Å². The van der Waals surface area contributed by atoms with Crippen LogP contribution in [0, 0.1) is 22.7 Å². The van der Waals surface area contributed by atoms with Gasteiger partial charge in [0.1, 0.15) is 0 Å². The molecule has 1 N–H and O–H groups in total. The maximum absolute atomic E-state index is 9.21. The maximum Gasteiger partial charge on any atom is 0.0436 e. The molecule has 0 spiro atoms. The summed E-state index contributed by atoms with van der Waals surface area (Å²) in [6, 6.07) is 0. The number of aliphatic hydroxyl groups excluding tert-OH is 1. The second-order valence-electron chi connectivity index (χ2n) is 6.75. The highest BCUT2D eigenvalue weighted by Gasteiger charge is 2.55. The van der Waals surface area contributed by atoms with Gasteiger partial charge in [0.25, 0.3) is 0 Å². The third kappa shape index (κ3) is 1.25. The van der Waals surface area contributed by atoms with Crippen LogP contribution in [0.25, 0.3) is 0 Å². The number of aliphatic hydroxyl groups is 1. The lowest BCUT2D eigenvalue weighted by Crippen LogP contribution is -2.50. The summed E-state index contributed by atoms with van der Waals surface area (Å²) in [6.07, 6.45) is 9.82. The molecule has 1 nitrogen and oxygen atoms in total. The molecule has 0 aromatic heterocycles. The molecule has 4 rings (SSSR count). The van der Waals surface area contributed by atoms with Crippen molar-refractivity contribution in [3.05, 3.63) is 0 Å². The van der Waals surface area contributed by atoms with Crippen molar-refractivity contribution in [2.75, 3.05) is 6.61 Å². The Kier molecular flexibility index (Phi) is 1.81. The molecule has 0 saturated heterocycles. The smallest absolute Gasteiger partial charge is 0.0436 e. The first-order valence-electron chi connectivity index (χ1n) is 6.24. The molecule has 0 radical (unpaired) electrons. The zero-order chi connectivity index (χ0) is 9.81. The standard InChI is InChI=1S/C13H22O/c1-12-5-10-4-11(6-12)8-13(7-10,9-12)2-3-14/h10-11,14H,2-9H2,1H3. The minimum absolute atomic E-state index is 0.412. The van der Waals surface area contributed by atoms with E-state index in [0.29, 0.717) is 17.4 Å². The molecule has 80 valence electrons. The Labute approximate surface area is 86.9 Å². The lowest BCUT2D eigenvalue weighted by Gasteiger charge is -2.61. The summed E-state index contributed by atoms with van der Waals surface area (Å²) in [6.45, 7) is 2.91. The third-order valence-electron chi connectivity index (χ3n) is 5.12. The lowest BCUT2D eigenvalue weighted by molar-refractivity contribution is -0.109. The van der Waals surface area contributed by atoms with Crippen LogP contribution in [-0.4, -0.2) is 11.7 Å². The van der Waals surface area contributed by atoms with E-state index in [9.17, 15) is 5.11 Å². The van der Waals surface area contributed by atoms with Crippen molar-refractivity contribution in [1.29, 1.82) is 0 Å². The van der Waals surface area contributed by atoms with Crippen LogP contribution in [0.15, 0.2) is 0 Å². The Morgan fingerprint density at radius 2 is 1.79 bits per heavy atom. The molecule has 4 aliphatic rings. The number of hydrogen-bond donors (Lipinski definition) is 1. The van der Waals surface area contributed by atoms with Crippen molar-refractivity contribution >= 4 is 0 Å². The normalized spacial score (nSPS) is 55.3. The SMILES string of the molecule is CC12CC3CC(C1)CC(CCO)(C3)C2. The average Bonchev–Trinajstić information content (AvgIpc) is 1.97. The molecule has 4 fully saturated rings. The largest absolute Gasteiger partial charge is 0.396 e. The highest BCUT2D eigenvalue weighted by Crippen LogP contribution is 2.65. The summed E-state index contributed by atoms with van der Waals surface area (Å²) in [7, 11) is 0. The molecule has 0 aliphatic heterocycles. The van der Waals surface area contributed by atoms with Crippen molar-refractivity contribution in [2.45, 2.75) is 51.9 Å². The topological polar surface area (TPSA) is 20.2 Å². The minimum atomic E-state index is 0.412. The molecule has 4 aliphatic carbocycles. The van der Waals surface area contributed by atoms with Gasteiger partial charge in [-0.1, -0.05) is 6.92 Å². The van der Waals surface area contributed by atoms with Crippen LogP contribution in [0.5, 0.6) is 0 Å². The first-order chi connectivity index (χ1) is 6.63. The zero-order valence-electron chi connectivity index (χ0n) is 9.26. The van der Waals surface area contributed by atoms with E-state index in [-0.39, 0.29) is 0 Å². The molecule has 1 heteroatoms. The predicted molar refractivity (Wildman–Crippen MR) is 56.9 cm³/mol. The van der Waals surface area contributed by atoms with Gasteiger partial charge in [-0.2, -0.15) is 0 Å². The van der Waals surface area contributed by atoms with Gasteiger partial charge in [0.05, 0.1) is 0 Å². The highest BCUT2D eigenvalue weighted by molar-refractivity contribution is 5.05. The van der Waals surface area contributed by atoms with E-state index in [1.807, 2.05) is 0 Å². The van der Waals surface area contributed by atoms with Gasteiger partial charge in [-0.15, -0.1) is 0 Å². The fraction of sp³-hybridized carbons (Fsp3) is 1.00. The summed E-state index contributed by atoms with van der Waals surface area (Å²) in [4.78, 5) is 0. The van der Waals surface area contributed by atoms with Crippen LogP contribution < -0.4 is 0 Å². The minimum Gasteiger partial charge on any atom is -0.396 e. The molecule has 4 saturated carbocycles. The first kappa shape index (κ1) is 9.21.